The van der Waals surface area contributed by atoms with Crippen LogP contribution in [0.2, 0.25) is 0 Å². The fraction of sp³-hybridized carbons (Fsp3) is 0.776. The molecule has 0 saturated carbocycles. The highest BCUT2D eigenvalue weighted by Gasteiger charge is 2.27. The zero-order valence-corrected chi connectivity index (χ0v) is 51.4. The van der Waals surface area contributed by atoms with Gasteiger partial charge in [-0.2, -0.15) is 0 Å². The highest BCUT2D eigenvalue weighted by atomic mass is 31.2. The Morgan fingerprint density at radius 2 is 0.789 bits per heavy atom. The van der Waals surface area contributed by atoms with Gasteiger partial charge in [0.2, 0.25) is 5.91 Å². The van der Waals surface area contributed by atoms with E-state index in [1.807, 2.05) is 27.2 Å². The normalized spacial score (nSPS) is 14.4. The first-order chi connectivity index (χ1) is 37.0. The molecule has 0 aliphatic heterocycles. The van der Waals surface area contributed by atoms with E-state index in [9.17, 15) is 19.4 Å². The zero-order valence-electron chi connectivity index (χ0n) is 50.5. The smallest absolute Gasteiger partial charge is 0.387 e. The minimum atomic E-state index is -4.34. The van der Waals surface area contributed by atoms with Crippen molar-refractivity contribution >= 4 is 13.7 Å². The van der Waals surface area contributed by atoms with E-state index in [1.165, 1.54) is 186 Å². The number of unbranched alkanes of at least 4 members (excludes halogenated alkanes) is 33. The van der Waals surface area contributed by atoms with Crippen LogP contribution in [-0.2, 0) is 18.4 Å². The average Bonchev–Trinajstić information content (AvgIpc) is 3.38. The summed E-state index contributed by atoms with van der Waals surface area (Å²) >= 11 is 0. The molecule has 0 rings (SSSR count). The Balaban J connectivity index is 3.89. The van der Waals surface area contributed by atoms with Gasteiger partial charge in [0.25, 0.3) is 0 Å². The van der Waals surface area contributed by atoms with Crippen LogP contribution in [0.4, 0.5) is 0 Å². The monoisotopic (exact) mass is 1080 g/mol. The molecule has 3 N–H and O–H groups in total. The van der Waals surface area contributed by atoms with E-state index in [2.05, 4.69) is 92.1 Å². The topological polar surface area (TPSA) is 105 Å². The number of amides is 1. The quantitative estimate of drug-likeness (QED) is 0.0243. The number of aliphatic hydroxyl groups is 1. The molecule has 0 spiro atoms. The number of hydrogen-bond acceptors (Lipinski definition) is 5. The lowest BCUT2D eigenvalue weighted by Gasteiger charge is -2.25. The highest BCUT2D eigenvalue weighted by molar-refractivity contribution is 7.47. The maximum Gasteiger partial charge on any atom is 0.472 e. The Kier molecular flexibility index (Phi) is 55.6. The molecule has 0 aromatic rings. The number of quaternary nitrogens is 1. The Bertz CT molecular complexity index is 1510. The van der Waals surface area contributed by atoms with Crippen LogP contribution in [0.15, 0.2) is 85.1 Å². The fourth-order valence-electron chi connectivity index (χ4n) is 9.17. The number of rotatable bonds is 58. The second-order valence-electron chi connectivity index (χ2n) is 22.8. The molecule has 0 aliphatic carbocycles. The number of nitrogens with one attached hydrogen (secondary N) is 1. The summed E-state index contributed by atoms with van der Waals surface area (Å²) in [6.07, 6.45) is 81.5. The Hall–Kier alpha value is -2.32. The van der Waals surface area contributed by atoms with Crippen molar-refractivity contribution in [3.63, 3.8) is 0 Å². The molecule has 0 aromatic carbocycles. The highest BCUT2D eigenvalue weighted by Crippen LogP contribution is 2.43. The first kappa shape index (κ1) is 73.7. The van der Waals surface area contributed by atoms with Crippen LogP contribution in [0.1, 0.15) is 284 Å². The number of carbonyl (C=O) groups excluding carboxylic acids is 1. The van der Waals surface area contributed by atoms with Gasteiger partial charge in [0.05, 0.1) is 39.9 Å². The molecule has 0 heterocycles. The summed E-state index contributed by atoms with van der Waals surface area (Å²) in [4.78, 5) is 23.3. The molecule has 1 amide bonds. The lowest BCUT2D eigenvalue weighted by molar-refractivity contribution is -0.870. The van der Waals surface area contributed by atoms with E-state index in [4.69, 9.17) is 9.05 Å². The number of likely N-dealkylation sites (N-methyl/N-ethyl adjacent to an activating group) is 1. The molecule has 0 radical (unpaired) electrons. The molecule has 0 aliphatic rings. The summed E-state index contributed by atoms with van der Waals surface area (Å²) in [6.45, 7) is 4.71. The number of allylic oxidation sites excluding steroid dienone is 13. The first-order valence-corrected chi connectivity index (χ1v) is 33.5. The van der Waals surface area contributed by atoms with Crippen LogP contribution in [0, 0.1) is 0 Å². The molecular formula is C67H124N2O6P+. The van der Waals surface area contributed by atoms with E-state index in [0.717, 1.165) is 77.0 Å². The second-order valence-corrected chi connectivity index (χ2v) is 24.2. The minimum absolute atomic E-state index is 0.0613. The largest absolute Gasteiger partial charge is 0.472 e. The molecule has 0 bridgehead atoms. The van der Waals surface area contributed by atoms with Gasteiger partial charge in [0, 0.05) is 6.42 Å². The van der Waals surface area contributed by atoms with E-state index in [1.54, 1.807) is 6.08 Å². The van der Waals surface area contributed by atoms with Gasteiger partial charge in [-0.25, -0.2) is 4.57 Å². The van der Waals surface area contributed by atoms with Crippen molar-refractivity contribution in [1.29, 1.82) is 0 Å². The van der Waals surface area contributed by atoms with Gasteiger partial charge in [-0.15, -0.1) is 0 Å². The van der Waals surface area contributed by atoms with Crippen molar-refractivity contribution in [3.05, 3.63) is 85.1 Å². The summed E-state index contributed by atoms with van der Waals surface area (Å²) in [5.41, 5.74) is 0. The third-order valence-corrected chi connectivity index (χ3v) is 15.1. The van der Waals surface area contributed by atoms with Crippen molar-refractivity contribution in [1.82, 2.24) is 5.32 Å². The summed E-state index contributed by atoms with van der Waals surface area (Å²) in [5.74, 6) is -0.175. The van der Waals surface area contributed by atoms with Crippen LogP contribution >= 0.6 is 7.82 Å². The molecule has 3 atom stereocenters. The molecule has 9 heteroatoms. The Labute approximate surface area is 471 Å². The fourth-order valence-corrected chi connectivity index (χ4v) is 9.90. The maximum atomic E-state index is 13.0. The van der Waals surface area contributed by atoms with E-state index < -0.39 is 20.0 Å². The van der Waals surface area contributed by atoms with Gasteiger partial charge in [-0.05, 0) is 70.6 Å². The Morgan fingerprint density at radius 3 is 1.16 bits per heavy atom. The minimum Gasteiger partial charge on any atom is -0.387 e. The second kappa shape index (κ2) is 57.4. The van der Waals surface area contributed by atoms with Gasteiger partial charge in [0.1, 0.15) is 13.2 Å². The van der Waals surface area contributed by atoms with Crippen molar-refractivity contribution in [3.8, 4) is 0 Å². The van der Waals surface area contributed by atoms with Gasteiger partial charge in [0.15, 0.2) is 0 Å². The third kappa shape index (κ3) is 59.3. The first-order valence-electron chi connectivity index (χ1n) is 32.0. The van der Waals surface area contributed by atoms with Gasteiger partial charge in [-0.1, -0.05) is 292 Å². The van der Waals surface area contributed by atoms with Crippen LogP contribution in [0.5, 0.6) is 0 Å². The predicted octanol–water partition coefficient (Wildman–Crippen LogP) is 20.0. The molecular weight excluding hydrogens is 960 g/mol. The molecule has 442 valence electrons. The SMILES string of the molecule is CC/C=C\C/C=C\C/C=C\C/C=C\C/C=C\C/C=C\CCCCCCCCCCCCCCCCCCCCCCCCC(=O)NC(COP(=O)(O)OCC[N+](C)(C)C)C(O)/C=C/CCCCCCCCCCCCC. The standard InChI is InChI=1S/C67H123N2O6P/c1-6-8-10-12-14-16-18-20-21-22-23-24-25-26-27-28-29-30-31-32-33-34-35-36-37-38-39-40-41-42-43-44-45-46-47-49-51-53-55-57-59-61-67(71)68-65(64-75-76(72,73)74-63-62-69(3,4)5)66(70)60-58-56-54-52-50-48-19-17-15-13-11-9-7-2/h8,10,14,16,20-21,23-24,26-27,29-30,58,60,65-66,70H,6-7,9,11-13,15,17-19,22,25,28,31-57,59,61-64H2,1-5H3,(H-,68,71,72,73)/p+1/b10-8-,16-14-,21-20-,24-23-,27-26-,30-29-,60-58+. The van der Waals surface area contributed by atoms with Gasteiger partial charge in [-0.3, -0.25) is 13.8 Å². The predicted molar refractivity (Wildman–Crippen MR) is 332 cm³/mol. The van der Waals surface area contributed by atoms with Crippen molar-refractivity contribution in [2.75, 3.05) is 40.9 Å². The van der Waals surface area contributed by atoms with Crippen LogP contribution in [-0.4, -0.2) is 73.4 Å². The molecule has 0 saturated heterocycles. The molecule has 3 unspecified atom stereocenters. The number of carbonyl (C=O) groups is 1. The van der Waals surface area contributed by atoms with Crippen molar-refractivity contribution in [2.45, 2.75) is 296 Å². The molecule has 0 fully saturated rings. The van der Waals surface area contributed by atoms with Crippen LogP contribution in [0.25, 0.3) is 0 Å². The van der Waals surface area contributed by atoms with E-state index in [0.29, 0.717) is 17.4 Å². The Morgan fingerprint density at radius 1 is 0.461 bits per heavy atom. The number of hydrogen-bond donors (Lipinski definition) is 3. The zero-order chi connectivity index (χ0) is 55.6. The van der Waals surface area contributed by atoms with E-state index in [-0.39, 0.29) is 19.1 Å². The molecule has 76 heavy (non-hydrogen) atoms. The average molecular weight is 1080 g/mol. The van der Waals surface area contributed by atoms with Crippen molar-refractivity contribution in [2.24, 2.45) is 0 Å². The summed E-state index contributed by atoms with van der Waals surface area (Å²) < 4.78 is 23.7. The summed E-state index contributed by atoms with van der Waals surface area (Å²) in [7, 11) is 1.58. The van der Waals surface area contributed by atoms with Crippen LogP contribution < -0.4 is 5.32 Å². The number of phosphoric ester groups is 1. The number of nitrogens with zero attached hydrogens (tertiary/aromatic N) is 1. The lowest BCUT2D eigenvalue weighted by atomic mass is 10.0. The van der Waals surface area contributed by atoms with Gasteiger partial charge < -0.3 is 19.8 Å². The van der Waals surface area contributed by atoms with Gasteiger partial charge >= 0.3 is 7.82 Å². The molecule has 8 nitrogen and oxygen atoms in total. The summed E-state index contributed by atoms with van der Waals surface area (Å²) in [5, 5.41) is 13.9. The third-order valence-electron chi connectivity index (χ3n) is 14.1. The van der Waals surface area contributed by atoms with Crippen LogP contribution in [0.3, 0.4) is 0 Å². The maximum absolute atomic E-state index is 13.0. The lowest BCUT2D eigenvalue weighted by Crippen LogP contribution is -2.45. The molecule has 0 aromatic heterocycles. The number of aliphatic hydroxyl groups excluding tert-OH is 1. The number of phosphoric acid groups is 1. The summed E-state index contributed by atoms with van der Waals surface area (Å²) in [6, 6.07) is -0.847. The van der Waals surface area contributed by atoms with Crippen molar-refractivity contribution < 1.29 is 32.9 Å². The van der Waals surface area contributed by atoms with E-state index >= 15 is 0 Å².